The van der Waals surface area contributed by atoms with Gasteiger partial charge in [-0.05, 0) is 18.6 Å². The van der Waals surface area contributed by atoms with Crippen molar-refractivity contribution < 1.29 is 23.9 Å². The average molecular weight is 375 g/mol. The monoisotopic (exact) mass is 375 g/mol. The van der Waals surface area contributed by atoms with E-state index < -0.39 is 24.0 Å². The molecule has 0 spiro atoms. The minimum atomic E-state index is -0.978. The lowest BCUT2D eigenvalue weighted by molar-refractivity contribution is -0.157. The summed E-state index contributed by atoms with van der Waals surface area (Å²) < 4.78 is 10.1. The van der Waals surface area contributed by atoms with Crippen LogP contribution in [-0.2, 0) is 30.3 Å². The molecule has 8 nitrogen and oxygen atoms in total. The molecule has 27 heavy (non-hydrogen) atoms. The van der Waals surface area contributed by atoms with Gasteiger partial charge in [0.2, 0.25) is 5.91 Å². The van der Waals surface area contributed by atoms with Gasteiger partial charge in [-0.3, -0.25) is 9.59 Å². The van der Waals surface area contributed by atoms with Gasteiger partial charge in [0.25, 0.3) is 5.91 Å². The maximum absolute atomic E-state index is 12.5. The van der Waals surface area contributed by atoms with E-state index in [-0.39, 0.29) is 12.3 Å². The molecule has 8 heteroatoms. The summed E-state index contributed by atoms with van der Waals surface area (Å²) in [5.41, 5.74) is 1.81. The highest BCUT2D eigenvalue weighted by atomic mass is 16.5. The minimum absolute atomic E-state index is 0.250. The maximum Gasteiger partial charge on any atom is 0.329 e. The lowest BCUT2D eigenvalue weighted by Gasteiger charge is -2.19. The number of rotatable bonds is 9. The van der Waals surface area contributed by atoms with Crippen LogP contribution in [-0.4, -0.2) is 55.2 Å². The van der Waals surface area contributed by atoms with Crippen LogP contribution in [0.4, 0.5) is 0 Å². The van der Waals surface area contributed by atoms with E-state index in [9.17, 15) is 14.4 Å². The van der Waals surface area contributed by atoms with E-state index in [0.29, 0.717) is 13.2 Å². The van der Waals surface area contributed by atoms with Crippen molar-refractivity contribution >= 4 is 28.7 Å². The molecule has 2 rings (SSSR count). The van der Waals surface area contributed by atoms with Gasteiger partial charge in [0.15, 0.2) is 6.10 Å². The van der Waals surface area contributed by atoms with Gasteiger partial charge in [-0.15, -0.1) is 0 Å². The second kappa shape index (κ2) is 9.72. The Labute approximate surface area is 157 Å². The summed E-state index contributed by atoms with van der Waals surface area (Å²) in [4.78, 5) is 39.1. The number of carbonyl (C=O) groups is 3. The molecule has 2 amide bonds. The van der Waals surface area contributed by atoms with Crippen LogP contribution >= 0.6 is 0 Å². The minimum Gasteiger partial charge on any atom is -0.451 e. The van der Waals surface area contributed by atoms with E-state index in [1.165, 1.54) is 21.0 Å². The molecular formula is C19H25N3O5. The number of carbonyl (C=O) groups excluding carboxylic acids is 3. The summed E-state index contributed by atoms with van der Waals surface area (Å²) in [6.07, 6.45) is 1.07. The summed E-state index contributed by atoms with van der Waals surface area (Å²) in [6, 6.07) is 6.78. The van der Waals surface area contributed by atoms with E-state index >= 15 is 0 Å². The summed E-state index contributed by atoms with van der Waals surface area (Å²) in [6.45, 7) is 3.50. The molecule has 2 atom stereocenters. The van der Waals surface area contributed by atoms with Gasteiger partial charge in [0.1, 0.15) is 6.04 Å². The number of amides is 2. The number of aromatic nitrogens is 1. The second-order valence-corrected chi connectivity index (χ2v) is 6.18. The van der Waals surface area contributed by atoms with Crippen molar-refractivity contribution in [1.29, 1.82) is 0 Å². The van der Waals surface area contributed by atoms with Crippen LogP contribution in [0.15, 0.2) is 30.5 Å². The van der Waals surface area contributed by atoms with Gasteiger partial charge in [-0.25, -0.2) is 4.79 Å². The molecule has 0 aliphatic rings. The number of H-pyrrole nitrogens is 1. The van der Waals surface area contributed by atoms with Crippen molar-refractivity contribution in [2.75, 3.05) is 20.3 Å². The number of hydrogen-bond donors (Lipinski definition) is 3. The molecule has 0 bridgehead atoms. The number of methoxy groups -OCH3 is 1. The third-order valence-electron chi connectivity index (χ3n) is 4.03. The van der Waals surface area contributed by atoms with Gasteiger partial charge in [-0.1, -0.05) is 18.2 Å². The van der Waals surface area contributed by atoms with Gasteiger partial charge in [-0.2, -0.15) is 0 Å². The standard InChI is InChI=1S/C19H25N3O5/c1-12(18(24)20-8-9-26-3)27-19(25)17(22-13(2)23)10-14-11-21-16-7-5-4-6-15(14)16/h4-7,11-12,17,21H,8-10H2,1-3H3,(H,20,24)(H,22,23)/t12-,17-/m0/s1. The predicted molar refractivity (Wildman–Crippen MR) is 100 cm³/mol. The zero-order chi connectivity index (χ0) is 19.8. The fraction of sp³-hybridized carbons (Fsp3) is 0.421. The molecule has 1 heterocycles. The normalized spacial score (nSPS) is 13.0. The first-order chi connectivity index (χ1) is 12.9. The highest BCUT2D eigenvalue weighted by molar-refractivity contribution is 5.88. The molecule has 0 saturated heterocycles. The Morgan fingerprint density at radius 2 is 1.96 bits per heavy atom. The lowest BCUT2D eigenvalue weighted by atomic mass is 10.0. The fourth-order valence-electron chi connectivity index (χ4n) is 2.69. The predicted octanol–water partition coefficient (Wildman–Crippen LogP) is 0.909. The zero-order valence-electron chi connectivity index (χ0n) is 15.7. The number of para-hydroxylation sites is 1. The van der Waals surface area contributed by atoms with Gasteiger partial charge >= 0.3 is 5.97 Å². The highest BCUT2D eigenvalue weighted by Crippen LogP contribution is 2.19. The van der Waals surface area contributed by atoms with Crippen LogP contribution in [0.2, 0.25) is 0 Å². The van der Waals surface area contributed by atoms with E-state index in [2.05, 4.69) is 15.6 Å². The third-order valence-corrected chi connectivity index (χ3v) is 4.03. The van der Waals surface area contributed by atoms with E-state index in [1.807, 2.05) is 24.3 Å². The molecule has 0 saturated carbocycles. The van der Waals surface area contributed by atoms with Crippen molar-refractivity contribution in [3.63, 3.8) is 0 Å². The van der Waals surface area contributed by atoms with Gasteiger partial charge in [0.05, 0.1) is 6.61 Å². The van der Waals surface area contributed by atoms with E-state index in [4.69, 9.17) is 9.47 Å². The Morgan fingerprint density at radius 3 is 2.67 bits per heavy atom. The van der Waals surface area contributed by atoms with E-state index in [0.717, 1.165) is 16.5 Å². The number of ether oxygens (including phenoxy) is 2. The largest absolute Gasteiger partial charge is 0.451 e. The van der Waals surface area contributed by atoms with Gasteiger partial charge in [0, 0.05) is 44.1 Å². The lowest BCUT2D eigenvalue weighted by Crippen LogP contribution is -2.45. The number of aromatic amines is 1. The Morgan fingerprint density at radius 1 is 1.22 bits per heavy atom. The number of esters is 1. The molecule has 0 unspecified atom stereocenters. The Bertz CT molecular complexity index is 801. The molecular weight excluding hydrogens is 350 g/mol. The van der Waals surface area contributed by atoms with Crippen LogP contribution in [0, 0.1) is 0 Å². The summed E-state index contributed by atoms with van der Waals surface area (Å²) in [5, 5.41) is 6.17. The quantitative estimate of drug-likeness (QED) is 0.446. The molecule has 2 aromatic rings. The number of hydrogen-bond acceptors (Lipinski definition) is 5. The molecule has 3 N–H and O–H groups in total. The molecule has 1 aromatic heterocycles. The molecule has 0 fully saturated rings. The first-order valence-corrected chi connectivity index (χ1v) is 8.71. The smallest absolute Gasteiger partial charge is 0.329 e. The summed E-state index contributed by atoms with van der Waals surface area (Å²) in [5.74, 6) is -1.44. The highest BCUT2D eigenvalue weighted by Gasteiger charge is 2.26. The van der Waals surface area contributed by atoms with Crippen LogP contribution in [0.3, 0.4) is 0 Å². The van der Waals surface area contributed by atoms with Crippen LogP contribution in [0.1, 0.15) is 19.4 Å². The molecule has 0 radical (unpaired) electrons. The van der Waals surface area contributed by atoms with Crippen molar-refractivity contribution in [1.82, 2.24) is 15.6 Å². The van der Waals surface area contributed by atoms with Crippen molar-refractivity contribution in [2.24, 2.45) is 0 Å². The first kappa shape index (κ1) is 20.4. The second-order valence-electron chi connectivity index (χ2n) is 6.18. The number of nitrogens with one attached hydrogen (secondary N) is 3. The SMILES string of the molecule is COCCNC(=O)[C@H](C)OC(=O)[C@H](Cc1c[nH]c2ccccc12)NC(C)=O. The fourth-order valence-corrected chi connectivity index (χ4v) is 2.69. The third kappa shape index (κ3) is 5.82. The van der Waals surface area contributed by atoms with Crippen LogP contribution in [0.5, 0.6) is 0 Å². The first-order valence-electron chi connectivity index (χ1n) is 8.71. The van der Waals surface area contributed by atoms with Crippen LogP contribution in [0.25, 0.3) is 10.9 Å². The average Bonchev–Trinajstić information content (AvgIpc) is 3.04. The Kier molecular flexibility index (Phi) is 7.36. The van der Waals surface area contributed by atoms with Gasteiger partial charge < -0.3 is 25.1 Å². The Balaban J connectivity index is 2.05. The summed E-state index contributed by atoms with van der Waals surface area (Å²) in [7, 11) is 1.53. The maximum atomic E-state index is 12.5. The number of fused-ring (bicyclic) bond motifs is 1. The van der Waals surface area contributed by atoms with Crippen molar-refractivity contribution in [3.05, 3.63) is 36.0 Å². The van der Waals surface area contributed by atoms with Crippen molar-refractivity contribution in [3.8, 4) is 0 Å². The molecule has 146 valence electrons. The molecule has 0 aliphatic heterocycles. The summed E-state index contributed by atoms with van der Waals surface area (Å²) >= 11 is 0. The molecule has 1 aromatic carbocycles. The topological polar surface area (TPSA) is 110 Å². The van der Waals surface area contributed by atoms with Crippen LogP contribution < -0.4 is 10.6 Å². The number of benzene rings is 1. The molecule has 0 aliphatic carbocycles. The zero-order valence-corrected chi connectivity index (χ0v) is 15.7. The van der Waals surface area contributed by atoms with E-state index in [1.54, 1.807) is 6.20 Å². The van der Waals surface area contributed by atoms with Crippen molar-refractivity contribution in [2.45, 2.75) is 32.4 Å². The Hall–Kier alpha value is -2.87.